The summed E-state index contributed by atoms with van der Waals surface area (Å²) in [6.07, 6.45) is 2.04. The van der Waals surface area contributed by atoms with Crippen molar-refractivity contribution in [3.8, 4) is 0 Å². The van der Waals surface area contributed by atoms with Gasteiger partial charge in [0.05, 0.1) is 11.8 Å². The predicted molar refractivity (Wildman–Crippen MR) is 106 cm³/mol. The first-order valence-electron chi connectivity index (χ1n) is 9.31. The van der Waals surface area contributed by atoms with Gasteiger partial charge in [-0.1, -0.05) is 31.2 Å². The summed E-state index contributed by atoms with van der Waals surface area (Å²) in [5, 5.41) is 7.37. The summed E-state index contributed by atoms with van der Waals surface area (Å²) in [6.45, 7) is 6.10. The molecule has 0 radical (unpaired) electrons. The molecule has 0 saturated carbocycles. The summed E-state index contributed by atoms with van der Waals surface area (Å²) in [5.74, 6) is 0.399. The van der Waals surface area contributed by atoms with Crippen LogP contribution in [0.15, 0.2) is 51.9 Å². The van der Waals surface area contributed by atoms with Crippen molar-refractivity contribution in [2.24, 2.45) is 0 Å². The summed E-state index contributed by atoms with van der Waals surface area (Å²) >= 11 is 0. The van der Waals surface area contributed by atoms with Gasteiger partial charge >= 0.3 is 0 Å². The molecule has 3 aromatic heterocycles. The number of hydrogen-bond donors (Lipinski definition) is 1. The van der Waals surface area contributed by atoms with Crippen molar-refractivity contribution >= 4 is 22.5 Å². The molecule has 4 rings (SSSR count). The highest BCUT2D eigenvalue weighted by atomic mass is 16.3. The smallest absolute Gasteiger partial charge is 0.291 e. The fraction of sp³-hybridized carbons (Fsp3) is 0.286. The second-order valence-corrected chi connectivity index (χ2v) is 6.90. The third kappa shape index (κ3) is 2.89. The number of rotatable bonds is 5. The van der Waals surface area contributed by atoms with Gasteiger partial charge < -0.3 is 9.73 Å². The highest BCUT2D eigenvalue weighted by Gasteiger charge is 2.23. The molecule has 0 aliphatic heterocycles. The fourth-order valence-corrected chi connectivity index (χ4v) is 3.58. The molecule has 0 unspecified atom stereocenters. The largest absolute Gasteiger partial charge is 0.463 e. The van der Waals surface area contributed by atoms with Crippen LogP contribution in [0.2, 0.25) is 0 Å². The average molecular weight is 378 g/mol. The summed E-state index contributed by atoms with van der Waals surface area (Å²) in [6, 6.07) is 10.7. The van der Waals surface area contributed by atoms with Crippen LogP contribution in [-0.4, -0.2) is 20.1 Å². The van der Waals surface area contributed by atoms with Crippen LogP contribution < -0.4 is 10.9 Å². The molecular weight excluding hydrogens is 356 g/mol. The minimum absolute atomic E-state index is 0.223. The first kappa shape index (κ1) is 18.0. The third-order valence-electron chi connectivity index (χ3n) is 5.13. The lowest BCUT2D eigenvalue weighted by molar-refractivity contribution is -0.125. The Balaban J connectivity index is 1.68. The lowest BCUT2D eigenvalue weighted by atomic mass is 10.1. The standard InChI is InChI=1S/C21H22N4O3/c1-4-16(20(26)22-12-15-8-6-5-7-13(15)2)25-21(27)18-11-19-17(9-10-28-19)24(18)14(3)23-25/h5-11,16H,4,12H2,1-3H3,(H,22,26)/t16-/m1/s1. The van der Waals surface area contributed by atoms with Crippen molar-refractivity contribution in [2.75, 3.05) is 0 Å². The topological polar surface area (TPSA) is 81.5 Å². The van der Waals surface area contributed by atoms with E-state index in [-0.39, 0.29) is 11.5 Å². The van der Waals surface area contributed by atoms with Crippen molar-refractivity contribution in [3.63, 3.8) is 0 Å². The lowest BCUT2D eigenvalue weighted by Gasteiger charge is -2.18. The minimum Gasteiger partial charge on any atom is -0.463 e. The normalized spacial score (nSPS) is 12.5. The summed E-state index contributed by atoms with van der Waals surface area (Å²) in [4.78, 5) is 25.9. The van der Waals surface area contributed by atoms with Gasteiger partial charge in [0, 0.05) is 18.7 Å². The molecule has 0 aliphatic carbocycles. The number of hydrogen-bond acceptors (Lipinski definition) is 4. The van der Waals surface area contributed by atoms with E-state index in [1.807, 2.05) is 45.0 Å². The van der Waals surface area contributed by atoms with Gasteiger partial charge in [-0.3, -0.25) is 14.0 Å². The van der Waals surface area contributed by atoms with Gasteiger partial charge in [-0.2, -0.15) is 5.10 Å². The van der Waals surface area contributed by atoms with E-state index < -0.39 is 6.04 Å². The number of nitrogens with one attached hydrogen (secondary N) is 1. The maximum Gasteiger partial charge on any atom is 0.291 e. The average Bonchev–Trinajstić information content (AvgIpc) is 3.27. The van der Waals surface area contributed by atoms with Gasteiger partial charge in [-0.25, -0.2) is 4.68 Å². The maximum atomic E-state index is 13.0. The van der Waals surface area contributed by atoms with E-state index in [2.05, 4.69) is 10.4 Å². The molecule has 1 N–H and O–H groups in total. The molecule has 144 valence electrons. The summed E-state index contributed by atoms with van der Waals surface area (Å²) in [7, 11) is 0. The first-order valence-corrected chi connectivity index (χ1v) is 9.31. The molecule has 7 nitrogen and oxygen atoms in total. The van der Waals surface area contributed by atoms with Crippen LogP contribution >= 0.6 is 0 Å². The number of nitrogens with zero attached hydrogens (tertiary/aromatic N) is 3. The maximum absolute atomic E-state index is 13.0. The van der Waals surface area contributed by atoms with Crippen molar-refractivity contribution in [3.05, 3.63) is 70.0 Å². The summed E-state index contributed by atoms with van der Waals surface area (Å²) < 4.78 is 8.46. The van der Waals surface area contributed by atoms with Gasteiger partial charge in [0.2, 0.25) is 5.91 Å². The van der Waals surface area contributed by atoms with Gasteiger partial charge in [0.25, 0.3) is 5.56 Å². The SMILES string of the molecule is CC[C@H](C(=O)NCc1ccccc1C)n1nc(C)n2c(cc3occc32)c1=O. The molecule has 0 saturated heterocycles. The van der Waals surface area contributed by atoms with Crippen LogP contribution in [0.1, 0.15) is 36.3 Å². The van der Waals surface area contributed by atoms with Crippen LogP contribution in [0, 0.1) is 13.8 Å². The zero-order chi connectivity index (χ0) is 19.8. The number of aromatic nitrogens is 3. The molecule has 7 heteroatoms. The summed E-state index contributed by atoms with van der Waals surface area (Å²) in [5.41, 5.74) is 3.71. The van der Waals surface area contributed by atoms with Gasteiger partial charge in [0.1, 0.15) is 17.4 Å². The molecule has 1 atom stereocenters. The molecule has 1 aromatic carbocycles. The first-order chi connectivity index (χ1) is 13.5. The number of aryl methyl sites for hydroxylation is 2. The molecule has 3 heterocycles. The number of carbonyl (C=O) groups excluding carboxylic acids is 1. The van der Waals surface area contributed by atoms with E-state index in [4.69, 9.17) is 4.42 Å². The number of fused-ring (bicyclic) bond motifs is 3. The van der Waals surface area contributed by atoms with E-state index in [9.17, 15) is 9.59 Å². The minimum atomic E-state index is -0.679. The van der Waals surface area contributed by atoms with Crippen LogP contribution in [-0.2, 0) is 11.3 Å². The van der Waals surface area contributed by atoms with Gasteiger partial charge in [-0.05, 0) is 31.4 Å². The third-order valence-corrected chi connectivity index (χ3v) is 5.13. The Kier molecular flexibility index (Phi) is 4.50. The highest BCUT2D eigenvalue weighted by molar-refractivity contribution is 5.83. The number of benzene rings is 1. The Morgan fingerprint density at radius 2 is 2.00 bits per heavy atom. The van der Waals surface area contributed by atoms with E-state index in [0.29, 0.717) is 29.9 Å². The van der Waals surface area contributed by atoms with Gasteiger partial charge in [-0.15, -0.1) is 0 Å². The Hall–Kier alpha value is -3.35. The van der Waals surface area contributed by atoms with Gasteiger partial charge in [0.15, 0.2) is 5.58 Å². The zero-order valence-electron chi connectivity index (χ0n) is 16.1. The molecule has 0 aliphatic rings. The second kappa shape index (κ2) is 6.99. The van der Waals surface area contributed by atoms with E-state index in [0.717, 1.165) is 16.6 Å². The molecule has 0 fully saturated rings. The fourth-order valence-electron chi connectivity index (χ4n) is 3.58. The molecule has 0 spiro atoms. The molecule has 0 bridgehead atoms. The van der Waals surface area contributed by atoms with Crippen molar-refractivity contribution < 1.29 is 9.21 Å². The number of carbonyl (C=O) groups is 1. The van der Waals surface area contributed by atoms with E-state index in [1.54, 1.807) is 22.8 Å². The predicted octanol–water partition coefficient (Wildman–Crippen LogP) is 3.13. The molecular formula is C21H22N4O3. The lowest BCUT2D eigenvalue weighted by Crippen LogP contribution is -2.39. The van der Waals surface area contributed by atoms with Crippen LogP contribution in [0.25, 0.3) is 16.6 Å². The quantitative estimate of drug-likeness (QED) is 0.578. The Morgan fingerprint density at radius 1 is 1.21 bits per heavy atom. The highest BCUT2D eigenvalue weighted by Crippen LogP contribution is 2.21. The Bertz CT molecular complexity index is 1230. The zero-order valence-corrected chi connectivity index (χ0v) is 16.1. The molecule has 28 heavy (non-hydrogen) atoms. The second-order valence-electron chi connectivity index (χ2n) is 6.90. The van der Waals surface area contributed by atoms with Crippen LogP contribution in [0.5, 0.6) is 0 Å². The monoisotopic (exact) mass is 378 g/mol. The van der Waals surface area contributed by atoms with Crippen LogP contribution in [0.3, 0.4) is 0 Å². The Labute approximate surface area is 161 Å². The molecule has 1 amide bonds. The van der Waals surface area contributed by atoms with E-state index in [1.165, 1.54) is 4.68 Å². The van der Waals surface area contributed by atoms with Crippen LogP contribution in [0.4, 0.5) is 0 Å². The van der Waals surface area contributed by atoms with Crippen molar-refractivity contribution in [1.29, 1.82) is 0 Å². The van der Waals surface area contributed by atoms with Crippen molar-refractivity contribution in [2.45, 2.75) is 39.8 Å². The number of furan rings is 1. The van der Waals surface area contributed by atoms with Crippen molar-refractivity contribution in [1.82, 2.24) is 19.5 Å². The molecule has 4 aromatic rings. The number of amides is 1. The van der Waals surface area contributed by atoms with E-state index >= 15 is 0 Å². The Morgan fingerprint density at radius 3 is 2.75 bits per heavy atom.